The molecular weight excluding hydrogens is 396 g/mol. The summed E-state index contributed by atoms with van der Waals surface area (Å²) in [6.45, 7) is 6.16. The Kier molecular flexibility index (Phi) is 6.10. The summed E-state index contributed by atoms with van der Waals surface area (Å²) >= 11 is 11.7. The van der Waals surface area contributed by atoms with Crippen molar-refractivity contribution in [1.29, 1.82) is 0 Å². The van der Waals surface area contributed by atoms with Gasteiger partial charge in [-0.15, -0.1) is 0 Å². The van der Waals surface area contributed by atoms with E-state index >= 15 is 0 Å². The number of ether oxygens (including phenoxy) is 2. The third kappa shape index (κ3) is 4.75. The first-order valence-electron chi connectivity index (χ1n) is 9.11. The van der Waals surface area contributed by atoms with Crippen LogP contribution < -0.4 is 15.4 Å². The number of esters is 1. The van der Waals surface area contributed by atoms with Crippen molar-refractivity contribution in [1.82, 2.24) is 5.32 Å². The molecule has 1 aliphatic heterocycles. The molecule has 0 saturated carbocycles. The van der Waals surface area contributed by atoms with Crippen LogP contribution in [-0.4, -0.2) is 23.3 Å². The van der Waals surface area contributed by atoms with Crippen molar-refractivity contribution in [2.75, 3.05) is 11.9 Å². The van der Waals surface area contributed by atoms with Gasteiger partial charge in [-0.05, 0) is 57.3 Å². The maximum absolute atomic E-state index is 11.9. The monoisotopic (exact) mass is 418 g/mol. The van der Waals surface area contributed by atoms with Crippen LogP contribution in [0.3, 0.4) is 0 Å². The van der Waals surface area contributed by atoms with Gasteiger partial charge in [0.15, 0.2) is 5.11 Å². The summed E-state index contributed by atoms with van der Waals surface area (Å²) in [5, 5.41) is 7.27. The van der Waals surface area contributed by atoms with Gasteiger partial charge in [0, 0.05) is 17.7 Å². The van der Waals surface area contributed by atoms with Gasteiger partial charge in [0.2, 0.25) is 0 Å². The zero-order valence-electron chi connectivity index (χ0n) is 16.0. The molecule has 1 heterocycles. The van der Waals surface area contributed by atoms with Crippen molar-refractivity contribution in [3.8, 4) is 5.75 Å². The predicted molar refractivity (Wildman–Crippen MR) is 115 cm³/mol. The fourth-order valence-electron chi connectivity index (χ4n) is 3.22. The molecular formula is C21H23ClN2O3S. The fraction of sp³-hybridized carbons (Fsp3) is 0.333. The number of anilines is 1. The highest BCUT2D eigenvalue weighted by molar-refractivity contribution is 7.80. The largest absolute Gasteiger partial charge is 0.487 e. The summed E-state index contributed by atoms with van der Waals surface area (Å²) in [5.74, 6) is 0.418. The van der Waals surface area contributed by atoms with E-state index in [1.54, 1.807) is 25.1 Å². The summed E-state index contributed by atoms with van der Waals surface area (Å²) in [6, 6.07) is 13.0. The number of hydrogen-bond acceptors (Lipinski definition) is 4. The Morgan fingerprint density at radius 3 is 2.79 bits per heavy atom. The summed E-state index contributed by atoms with van der Waals surface area (Å²) in [6.07, 6.45) is 0.772. The molecule has 0 spiro atoms. The van der Waals surface area contributed by atoms with Gasteiger partial charge in [0.05, 0.1) is 23.2 Å². The van der Waals surface area contributed by atoms with E-state index in [0.29, 0.717) is 28.0 Å². The minimum absolute atomic E-state index is 0.0224. The Labute approximate surface area is 175 Å². The van der Waals surface area contributed by atoms with Crippen LogP contribution in [0.1, 0.15) is 49.2 Å². The molecule has 0 fully saturated rings. The summed E-state index contributed by atoms with van der Waals surface area (Å²) < 4.78 is 11.0. The first kappa shape index (κ1) is 20.4. The highest BCUT2D eigenvalue weighted by atomic mass is 35.5. The lowest BCUT2D eigenvalue weighted by Crippen LogP contribution is -2.42. The van der Waals surface area contributed by atoms with Gasteiger partial charge in [0.1, 0.15) is 11.4 Å². The molecule has 5 nitrogen and oxygen atoms in total. The number of thiocarbonyl (C=S) groups is 1. The van der Waals surface area contributed by atoms with Gasteiger partial charge < -0.3 is 20.1 Å². The van der Waals surface area contributed by atoms with Crippen molar-refractivity contribution in [3.05, 3.63) is 58.6 Å². The van der Waals surface area contributed by atoms with Crippen LogP contribution in [0.2, 0.25) is 5.02 Å². The number of hydrogen-bond donors (Lipinski definition) is 2. The van der Waals surface area contributed by atoms with Crippen LogP contribution in [-0.2, 0) is 4.74 Å². The van der Waals surface area contributed by atoms with Crippen molar-refractivity contribution in [2.24, 2.45) is 0 Å². The van der Waals surface area contributed by atoms with E-state index in [1.807, 2.05) is 24.3 Å². The molecule has 2 aromatic carbocycles. The van der Waals surface area contributed by atoms with Gasteiger partial charge in [0.25, 0.3) is 0 Å². The van der Waals surface area contributed by atoms with Crippen LogP contribution in [0.4, 0.5) is 5.69 Å². The average Bonchev–Trinajstić information content (AvgIpc) is 2.61. The number of carbonyl (C=O) groups is 1. The molecule has 0 radical (unpaired) electrons. The van der Waals surface area contributed by atoms with Crippen molar-refractivity contribution >= 4 is 40.6 Å². The Morgan fingerprint density at radius 2 is 2.07 bits per heavy atom. The smallest absolute Gasteiger partial charge is 0.339 e. The van der Waals surface area contributed by atoms with Crippen molar-refractivity contribution in [3.63, 3.8) is 0 Å². The van der Waals surface area contributed by atoms with Gasteiger partial charge in [-0.1, -0.05) is 29.8 Å². The van der Waals surface area contributed by atoms with Crippen LogP contribution in [0.15, 0.2) is 42.5 Å². The summed E-state index contributed by atoms with van der Waals surface area (Å²) in [4.78, 5) is 11.9. The van der Waals surface area contributed by atoms with E-state index in [9.17, 15) is 4.79 Å². The first-order valence-corrected chi connectivity index (χ1v) is 9.90. The highest BCUT2D eigenvalue weighted by Crippen LogP contribution is 2.39. The fourth-order valence-corrected chi connectivity index (χ4v) is 3.74. The number of rotatable bonds is 4. The molecule has 1 unspecified atom stereocenters. The number of fused-ring (bicyclic) bond motifs is 1. The third-order valence-electron chi connectivity index (χ3n) is 4.40. The molecule has 2 N–H and O–H groups in total. The minimum Gasteiger partial charge on any atom is -0.487 e. The number of carbonyl (C=O) groups excluding carboxylic acids is 1. The highest BCUT2D eigenvalue weighted by Gasteiger charge is 2.33. The lowest BCUT2D eigenvalue weighted by molar-refractivity contribution is 0.0526. The third-order valence-corrected chi connectivity index (χ3v) is 4.94. The van der Waals surface area contributed by atoms with Crippen molar-refractivity contribution in [2.45, 2.75) is 38.8 Å². The standard InChI is InChI=1S/C21H23ClN2O3S/c1-4-26-19(25)14-10-9-13(11-16(14)22)23-20(28)24-17-12-21(2,3)27-18-8-6-5-7-15(17)18/h5-11,17H,4,12H2,1-3H3,(H2,23,24,28). The maximum atomic E-state index is 11.9. The van der Waals surface area contributed by atoms with Gasteiger partial charge >= 0.3 is 5.97 Å². The van der Waals surface area contributed by atoms with Crippen LogP contribution >= 0.6 is 23.8 Å². The van der Waals surface area contributed by atoms with Crippen LogP contribution in [0.25, 0.3) is 0 Å². The lowest BCUT2D eigenvalue weighted by Gasteiger charge is -2.38. The minimum atomic E-state index is -0.444. The topological polar surface area (TPSA) is 59.6 Å². The molecule has 0 amide bonds. The normalized spacial score (nSPS) is 17.1. The van der Waals surface area contributed by atoms with E-state index in [-0.39, 0.29) is 11.6 Å². The van der Waals surface area contributed by atoms with E-state index in [4.69, 9.17) is 33.3 Å². The van der Waals surface area contributed by atoms with E-state index in [1.165, 1.54) is 0 Å². The zero-order chi connectivity index (χ0) is 20.3. The van der Waals surface area contributed by atoms with Gasteiger partial charge in [-0.3, -0.25) is 0 Å². The molecule has 7 heteroatoms. The van der Waals surface area contributed by atoms with Crippen molar-refractivity contribution < 1.29 is 14.3 Å². The second-order valence-electron chi connectivity index (χ2n) is 7.17. The summed E-state index contributed by atoms with van der Waals surface area (Å²) in [5.41, 5.74) is 1.79. The van der Waals surface area contributed by atoms with Gasteiger partial charge in [-0.25, -0.2) is 4.79 Å². The molecule has 28 heavy (non-hydrogen) atoms. The molecule has 0 bridgehead atoms. The second-order valence-corrected chi connectivity index (χ2v) is 7.99. The molecule has 1 aliphatic rings. The van der Waals surface area contributed by atoms with Crippen LogP contribution in [0, 0.1) is 0 Å². The Hall–Kier alpha value is -2.31. The zero-order valence-corrected chi connectivity index (χ0v) is 17.6. The average molecular weight is 419 g/mol. The maximum Gasteiger partial charge on any atom is 0.339 e. The quantitative estimate of drug-likeness (QED) is 0.531. The number of nitrogens with one attached hydrogen (secondary N) is 2. The molecule has 0 saturated heterocycles. The Morgan fingerprint density at radius 1 is 1.32 bits per heavy atom. The number of para-hydroxylation sites is 1. The lowest BCUT2D eigenvalue weighted by atomic mass is 9.90. The molecule has 0 aromatic heterocycles. The Bertz CT molecular complexity index is 901. The first-order chi connectivity index (χ1) is 13.3. The van der Waals surface area contributed by atoms with E-state index in [2.05, 4.69) is 24.5 Å². The second kappa shape index (κ2) is 8.37. The number of halogens is 1. The molecule has 2 aromatic rings. The molecule has 0 aliphatic carbocycles. The van der Waals surface area contributed by atoms with Crippen LogP contribution in [0.5, 0.6) is 5.75 Å². The molecule has 1 atom stereocenters. The SMILES string of the molecule is CCOC(=O)c1ccc(NC(=S)NC2CC(C)(C)Oc3ccccc32)cc1Cl. The molecule has 3 rings (SSSR count). The van der Waals surface area contributed by atoms with Gasteiger partial charge in [-0.2, -0.15) is 0 Å². The Balaban J connectivity index is 1.71. The number of benzene rings is 2. The predicted octanol–water partition coefficient (Wildman–Crippen LogP) is 5.11. The van der Waals surface area contributed by atoms with E-state index < -0.39 is 5.97 Å². The summed E-state index contributed by atoms with van der Waals surface area (Å²) in [7, 11) is 0. The van der Waals surface area contributed by atoms with E-state index in [0.717, 1.165) is 17.7 Å². The molecule has 148 valence electrons.